The predicted molar refractivity (Wildman–Crippen MR) is 97.7 cm³/mol. The van der Waals surface area contributed by atoms with Gasteiger partial charge in [0.15, 0.2) is 0 Å². The van der Waals surface area contributed by atoms with Crippen molar-refractivity contribution in [3.63, 3.8) is 0 Å². The third-order valence-corrected chi connectivity index (χ3v) is 4.66. The maximum absolute atomic E-state index is 14.3. The molecule has 0 aromatic heterocycles. The van der Waals surface area contributed by atoms with Crippen molar-refractivity contribution < 1.29 is 9.50 Å². The minimum Gasteiger partial charge on any atom is -0.378 e. The topological polar surface area (TPSA) is 62.5 Å². The van der Waals surface area contributed by atoms with Gasteiger partial charge in [-0.3, -0.25) is 4.90 Å². The highest BCUT2D eigenvalue weighted by Gasteiger charge is 2.20. The molecule has 0 saturated carbocycles. The van der Waals surface area contributed by atoms with E-state index in [9.17, 15) is 9.50 Å². The molecule has 1 atom stereocenters. The zero-order valence-corrected chi connectivity index (χ0v) is 15.4. The second-order valence-corrected chi connectivity index (χ2v) is 7.38. The molecule has 1 aliphatic heterocycles. The number of aliphatic hydroxyl groups is 1. The molecule has 1 heterocycles. The van der Waals surface area contributed by atoms with Gasteiger partial charge in [0, 0.05) is 31.9 Å². The molecular formula is C19H29FN4O. The van der Waals surface area contributed by atoms with Crippen LogP contribution in [0.2, 0.25) is 0 Å². The first-order valence-electron chi connectivity index (χ1n) is 8.89. The number of nitrogens with one attached hydrogen (secondary N) is 1. The van der Waals surface area contributed by atoms with Gasteiger partial charge in [0.1, 0.15) is 17.6 Å². The van der Waals surface area contributed by atoms with Crippen LogP contribution in [0.25, 0.3) is 0 Å². The number of aryl methyl sites for hydroxylation is 1. The lowest BCUT2D eigenvalue weighted by Crippen LogP contribution is -2.49. The third kappa shape index (κ3) is 5.96. The summed E-state index contributed by atoms with van der Waals surface area (Å²) in [4.78, 5) is 4.34. The predicted octanol–water partition coefficient (Wildman–Crippen LogP) is 2.43. The minimum atomic E-state index is -0.736. The molecular weight excluding hydrogens is 319 g/mol. The summed E-state index contributed by atoms with van der Waals surface area (Å²) < 4.78 is 14.3. The Kier molecular flexibility index (Phi) is 6.77. The van der Waals surface area contributed by atoms with Crippen molar-refractivity contribution in [1.29, 1.82) is 5.26 Å². The van der Waals surface area contributed by atoms with E-state index in [1.54, 1.807) is 26.0 Å². The summed E-state index contributed by atoms with van der Waals surface area (Å²) in [5.41, 5.74) is 0.511. The van der Waals surface area contributed by atoms with Crippen LogP contribution in [0.3, 0.4) is 0 Å². The van der Waals surface area contributed by atoms with Gasteiger partial charge in [0.25, 0.3) is 0 Å². The van der Waals surface area contributed by atoms with Gasteiger partial charge in [-0.05, 0) is 57.9 Å². The molecule has 138 valence electrons. The second kappa shape index (κ2) is 8.61. The van der Waals surface area contributed by atoms with E-state index in [1.807, 2.05) is 0 Å². The smallest absolute Gasteiger partial charge is 0.128 e. The van der Waals surface area contributed by atoms with Crippen LogP contribution in [0.1, 0.15) is 32.3 Å². The molecule has 0 amide bonds. The van der Waals surface area contributed by atoms with Crippen LogP contribution in [0.4, 0.5) is 10.1 Å². The van der Waals surface area contributed by atoms with Gasteiger partial charge in [-0.2, -0.15) is 5.26 Å². The molecule has 0 bridgehead atoms. The molecule has 1 fully saturated rings. The maximum Gasteiger partial charge on any atom is 0.128 e. The van der Waals surface area contributed by atoms with E-state index < -0.39 is 11.8 Å². The number of nitrogens with zero attached hydrogens (tertiary/aromatic N) is 3. The molecule has 0 radical (unpaired) electrons. The Hall–Kier alpha value is -1.68. The van der Waals surface area contributed by atoms with Crippen molar-refractivity contribution in [2.24, 2.45) is 0 Å². The number of likely N-dealkylation sites (N-methyl/N-ethyl adjacent to an activating group) is 1. The zero-order valence-electron chi connectivity index (χ0n) is 15.4. The molecule has 1 saturated heterocycles. The standard InChI is InChI=1S/C19H29FN4O/c1-19(2,14-21)22-16-8-7-15(17(20)13-16)5-4-6-18(25)24-11-9-23(3)10-12-24/h7-8,13,18,22,25H,4-6,9-12H2,1-3H3. The zero-order chi connectivity index (χ0) is 18.4. The highest BCUT2D eigenvalue weighted by Crippen LogP contribution is 2.20. The lowest BCUT2D eigenvalue weighted by atomic mass is 10.0. The number of rotatable bonds is 7. The summed E-state index contributed by atoms with van der Waals surface area (Å²) in [6.45, 7) is 7.19. The molecule has 1 unspecified atom stereocenters. The van der Waals surface area contributed by atoms with Crippen LogP contribution in [-0.2, 0) is 6.42 Å². The molecule has 6 heteroatoms. The molecule has 5 nitrogen and oxygen atoms in total. The van der Waals surface area contributed by atoms with Crippen molar-refractivity contribution in [1.82, 2.24) is 9.80 Å². The van der Waals surface area contributed by atoms with Gasteiger partial charge >= 0.3 is 0 Å². The monoisotopic (exact) mass is 348 g/mol. The quantitative estimate of drug-likeness (QED) is 0.792. The third-order valence-electron chi connectivity index (χ3n) is 4.66. The number of anilines is 1. The molecule has 0 aliphatic carbocycles. The number of hydrogen-bond donors (Lipinski definition) is 2. The van der Waals surface area contributed by atoms with Crippen LogP contribution >= 0.6 is 0 Å². The molecule has 0 spiro atoms. The van der Waals surface area contributed by atoms with E-state index in [0.717, 1.165) is 32.6 Å². The molecule has 1 aliphatic rings. The second-order valence-electron chi connectivity index (χ2n) is 7.38. The van der Waals surface area contributed by atoms with Crippen LogP contribution in [0.5, 0.6) is 0 Å². The Morgan fingerprint density at radius 3 is 2.60 bits per heavy atom. The van der Waals surface area contributed by atoms with Gasteiger partial charge in [0.05, 0.1) is 6.07 Å². The van der Waals surface area contributed by atoms with Crippen LogP contribution in [0.15, 0.2) is 18.2 Å². The van der Waals surface area contributed by atoms with E-state index in [0.29, 0.717) is 24.1 Å². The Morgan fingerprint density at radius 1 is 1.32 bits per heavy atom. The normalized spacial score (nSPS) is 17.9. The molecule has 2 rings (SSSR count). The maximum atomic E-state index is 14.3. The van der Waals surface area contributed by atoms with Crippen molar-refractivity contribution >= 4 is 5.69 Å². The molecule has 1 aromatic carbocycles. The summed E-state index contributed by atoms with van der Waals surface area (Å²) in [7, 11) is 2.09. The summed E-state index contributed by atoms with van der Waals surface area (Å²) >= 11 is 0. The first kappa shape index (κ1) is 19.6. The van der Waals surface area contributed by atoms with E-state index >= 15 is 0 Å². The number of halogens is 1. The van der Waals surface area contributed by atoms with Crippen molar-refractivity contribution in [3.05, 3.63) is 29.6 Å². The number of aliphatic hydroxyl groups excluding tert-OH is 1. The first-order chi connectivity index (χ1) is 11.8. The summed E-state index contributed by atoms with van der Waals surface area (Å²) in [6, 6.07) is 7.13. The number of benzene rings is 1. The molecule has 2 N–H and O–H groups in total. The Morgan fingerprint density at radius 2 is 2.00 bits per heavy atom. The fourth-order valence-corrected chi connectivity index (χ4v) is 2.99. The lowest BCUT2D eigenvalue weighted by Gasteiger charge is -2.35. The fraction of sp³-hybridized carbons (Fsp3) is 0.632. The highest BCUT2D eigenvalue weighted by atomic mass is 19.1. The highest BCUT2D eigenvalue weighted by molar-refractivity contribution is 5.48. The number of piperazine rings is 1. The van der Waals surface area contributed by atoms with Gasteiger partial charge in [-0.1, -0.05) is 6.07 Å². The molecule has 25 heavy (non-hydrogen) atoms. The SMILES string of the molecule is CN1CCN(C(O)CCCc2ccc(NC(C)(C)C#N)cc2F)CC1. The first-order valence-corrected chi connectivity index (χ1v) is 8.89. The Balaban J connectivity index is 1.82. The van der Waals surface area contributed by atoms with E-state index in [-0.39, 0.29) is 5.82 Å². The summed E-state index contributed by atoms with van der Waals surface area (Å²) in [5, 5.41) is 22.3. The largest absolute Gasteiger partial charge is 0.378 e. The average molecular weight is 348 g/mol. The van der Waals surface area contributed by atoms with E-state index in [1.165, 1.54) is 6.07 Å². The van der Waals surface area contributed by atoms with Crippen molar-refractivity contribution in [2.75, 3.05) is 38.5 Å². The fourth-order valence-electron chi connectivity index (χ4n) is 2.99. The van der Waals surface area contributed by atoms with Crippen LogP contribution in [-0.4, -0.2) is 59.9 Å². The lowest BCUT2D eigenvalue weighted by molar-refractivity contribution is -0.0269. The number of hydrogen-bond acceptors (Lipinski definition) is 5. The van der Waals surface area contributed by atoms with E-state index in [4.69, 9.17) is 5.26 Å². The van der Waals surface area contributed by atoms with E-state index in [2.05, 4.69) is 28.2 Å². The summed E-state index contributed by atoms with van der Waals surface area (Å²) in [5.74, 6) is -0.271. The minimum absolute atomic E-state index is 0.271. The van der Waals surface area contributed by atoms with Crippen molar-refractivity contribution in [2.45, 2.75) is 44.9 Å². The summed E-state index contributed by atoms with van der Waals surface area (Å²) in [6.07, 6.45) is 1.53. The number of nitriles is 1. The van der Waals surface area contributed by atoms with Gasteiger partial charge < -0.3 is 15.3 Å². The van der Waals surface area contributed by atoms with Crippen LogP contribution < -0.4 is 5.32 Å². The van der Waals surface area contributed by atoms with Gasteiger partial charge in [-0.25, -0.2) is 4.39 Å². The van der Waals surface area contributed by atoms with Crippen LogP contribution in [0, 0.1) is 17.1 Å². The Labute approximate surface area is 150 Å². The Bertz CT molecular complexity index is 606. The van der Waals surface area contributed by atoms with Gasteiger partial charge in [-0.15, -0.1) is 0 Å². The van der Waals surface area contributed by atoms with Crippen molar-refractivity contribution in [3.8, 4) is 6.07 Å². The van der Waals surface area contributed by atoms with Gasteiger partial charge in [0.2, 0.25) is 0 Å². The average Bonchev–Trinajstić information content (AvgIpc) is 2.57. The molecule has 1 aromatic rings.